The number of rotatable bonds is 7. The summed E-state index contributed by atoms with van der Waals surface area (Å²) in [6.07, 6.45) is 7.84. The van der Waals surface area contributed by atoms with Crippen LogP contribution in [0.15, 0.2) is 36.5 Å². The molecule has 1 aliphatic rings. The van der Waals surface area contributed by atoms with E-state index in [4.69, 9.17) is 0 Å². The molecule has 144 valence electrons. The SMILES string of the molecule is CS(=O)(=O)NCCCCc1cn(C2CCc3cc4ccccc4n3C2)nn1. The van der Waals surface area contributed by atoms with Crippen LogP contribution in [0.2, 0.25) is 0 Å². The molecule has 3 heterocycles. The lowest BCUT2D eigenvalue weighted by Gasteiger charge is -2.25. The van der Waals surface area contributed by atoms with Crippen LogP contribution in [0.4, 0.5) is 0 Å². The van der Waals surface area contributed by atoms with Gasteiger partial charge >= 0.3 is 0 Å². The van der Waals surface area contributed by atoms with Crippen LogP contribution < -0.4 is 4.72 Å². The van der Waals surface area contributed by atoms with Crippen molar-refractivity contribution in [2.24, 2.45) is 0 Å². The fourth-order valence-electron chi connectivity index (χ4n) is 3.82. The van der Waals surface area contributed by atoms with Crippen molar-refractivity contribution in [2.45, 2.75) is 44.7 Å². The maximum Gasteiger partial charge on any atom is 0.208 e. The number of hydrogen-bond acceptors (Lipinski definition) is 4. The normalized spacial score (nSPS) is 17.3. The summed E-state index contributed by atoms with van der Waals surface area (Å²) >= 11 is 0. The van der Waals surface area contributed by atoms with Crippen LogP contribution in [0.3, 0.4) is 0 Å². The van der Waals surface area contributed by atoms with Crippen molar-refractivity contribution in [3.8, 4) is 0 Å². The molecule has 0 radical (unpaired) electrons. The van der Waals surface area contributed by atoms with Crippen molar-refractivity contribution >= 4 is 20.9 Å². The van der Waals surface area contributed by atoms with E-state index in [1.54, 1.807) is 0 Å². The van der Waals surface area contributed by atoms with Gasteiger partial charge < -0.3 is 4.57 Å². The van der Waals surface area contributed by atoms with E-state index in [1.807, 2.05) is 10.9 Å². The minimum atomic E-state index is -3.10. The number of hydrogen-bond donors (Lipinski definition) is 1. The molecule has 27 heavy (non-hydrogen) atoms. The molecule has 0 amide bonds. The van der Waals surface area contributed by atoms with Gasteiger partial charge in [-0.05, 0) is 49.6 Å². The summed E-state index contributed by atoms with van der Waals surface area (Å²) in [5.41, 5.74) is 3.65. The predicted molar refractivity (Wildman–Crippen MR) is 105 cm³/mol. The van der Waals surface area contributed by atoms with Crippen LogP contribution in [0.5, 0.6) is 0 Å². The third-order valence-electron chi connectivity index (χ3n) is 5.18. The average Bonchev–Trinajstić information content (AvgIpc) is 3.24. The largest absolute Gasteiger partial charge is 0.342 e. The average molecular weight is 388 g/mol. The molecular formula is C19H25N5O2S. The first-order valence-electron chi connectivity index (χ1n) is 9.42. The van der Waals surface area contributed by atoms with Gasteiger partial charge in [-0.2, -0.15) is 0 Å². The number of para-hydroxylation sites is 1. The quantitative estimate of drug-likeness (QED) is 0.631. The summed E-state index contributed by atoms with van der Waals surface area (Å²) in [6, 6.07) is 11.1. The molecular weight excluding hydrogens is 362 g/mol. The standard InChI is InChI=1S/C19H25N5O2S/c1-27(25,26)20-11-5-4-7-16-13-24(22-21-16)18-10-9-17-12-15-6-2-3-8-19(15)23(17)14-18/h2-3,6,8,12-13,18,20H,4-5,7,9-11,14H2,1H3. The van der Waals surface area contributed by atoms with Crippen LogP contribution in [0, 0.1) is 0 Å². The molecule has 1 unspecified atom stereocenters. The van der Waals surface area contributed by atoms with E-state index in [-0.39, 0.29) is 0 Å². The summed E-state index contributed by atoms with van der Waals surface area (Å²) in [5, 5.41) is 9.97. The molecule has 0 aliphatic carbocycles. The van der Waals surface area contributed by atoms with Gasteiger partial charge in [0.1, 0.15) is 0 Å². The van der Waals surface area contributed by atoms with Crippen LogP contribution in [0.25, 0.3) is 10.9 Å². The monoisotopic (exact) mass is 387 g/mol. The van der Waals surface area contributed by atoms with Crippen molar-refractivity contribution in [3.63, 3.8) is 0 Å². The molecule has 0 saturated heterocycles. The lowest BCUT2D eigenvalue weighted by Crippen LogP contribution is -2.23. The highest BCUT2D eigenvalue weighted by molar-refractivity contribution is 7.88. The van der Waals surface area contributed by atoms with Gasteiger partial charge in [-0.15, -0.1) is 5.10 Å². The summed E-state index contributed by atoms with van der Waals surface area (Å²) in [4.78, 5) is 0. The Kier molecular flexibility index (Phi) is 5.01. The molecule has 1 N–H and O–H groups in total. The fraction of sp³-hybridized carbons (Fsp3) is 0.474. The number of aromatic nitrogens is 4. The van der Waals surface area contributed by atoms with Crippen molar-refractivity contribution in [1.29, 1.82) is 0 Å². The zero-order valence-electron chi connectivity index (χ0n) is 15.5. The Bertz CT molecular complexity index is 1040. The number of sulfonamides is 1. The minimum Gasteiger partial charge on any atom is -0.342 e. The molecule has 1 aromatic carbocycles. The van der Waals surface area contributed by atoms with E-state index in [0.717, 1.165) is 44.3 Å². The maximum atomic E-state index is 11.1. The van der Waals surface area contributed by atoms with E-state index in [9.17, 15) is 8.42 Å². The van der Waals surface area contributed by atoms with E-state index in [2.05, 4.69) is 49.9 Å². The molecule has 2 aromatic heterocycles. The van der Waals surface area contributed by atoms with Gasteiger partial charge in [-0.1, -0.05) is 23.4 Å². The number of fused-ring (bicyclic) bond motifs is 3. The predicted octanol–water partition coefficient (Wildman–Crippen LogP) is 2.29. The van der Waals surface area contributed by atoms with Gasteiger partial charge in [-0.3, -0.25) is 0 Å². The van der Waals surface area contributed by atoms with Gasteiger partial charge in [0.05, 0.1) is 18.0 Å². The first kappa shape index (κ1) is 18.2. The summed E-state index contributed by atoms with van der Waals surface area (Å²) < 4.78 is 29.0. The zero-order chi connectivity index (χ0) is 18.9. The second-order valence-corrected chi connectivity index (χ2v) is 9.14. The molecule has 8 heteroatoms. The van der Waals surface area contributed by atoms with E-state index >= 15 is 0 Å². The molecule has 4 rings (SSSR count). The molecule has 0 bridgehead atoms. The Morgan fingerprint density at radius 3 is 2.96 bits per heavy atom. The molecule has 3 aromatic rings. The smallest absolute Gasteiger partial charge is 0.208 e. The summed E-state index contributed by atoms with van der Waals surface area (Å²) in [6.45, 7) is 1.39. The Hall–Kier alpha value is -2.19. The first-order valence-corrected chi connectivity index (χ1v) is 11.3. The van der Waals surface area contributed by atoms with Gasteiger partial charge in [0.25, 0.3) is 0 Å². The number of nitrogens with zero attached hydrogens (tertiary/aromatic N) is 4. The third kappa shape index (κ3) is 4.22. The second-order valence-electron chi connectivity index (χ2n) is 7.31. The molecule has 0 spiro atoms. The minimum absolute atomic E-state index is 0.321. The van der Waals surface area contributed by atoms with Gasteiger partial charge in [0, 0.05) is 30.5 Å². The van der Waals surface area contributed by atoms with Gasteiger partial charge in [0.2, 0.25) is 10.0 Å². The van der Waals surface area contributed by atoms with Crippen molar-refractivity contribution in [1.82, 2.24) is 24.3 Å². The number of aryl methyl sites for hydroxylation is 2. The van der Waals surface area contributed by atoms with Crippen LogP contribution in [-0.2, 0) is 29.4 Å². The Morgan fingerprint density at radius 1 is 1.26 bits per heavy atom. The highest BCUT2D eigenvalue weighted by Crippen LogP contribution is 2.29. The number of nitrogens with one attached hydrogen (secondary N) is 1. The van der Waals surface area contributed by atoms with Crippen molar-refractivity contribution in [2.75, 3.05) is 12.8 Å². The Morgan fingerprint density at radius 2 is 2.11 bits per heavy atom. The van der Waals surface area contributed by atoms with E-state index in [1.165, 1.54) is 22.9 Å². The molecule has 1 atom stereocenters. The third-order valence-corrected chi connectivity index (χ3v) is 5.91. The summed E-state index contributed by atoms with van der Waals surface area (Å²) in [7, 11) is -3.10. The first-order chi connectivity index (χ1) is 13.0. The van der Waals surface area contributed by atoms with Gasteiger partial charge in [-0.25, -0.2) is 17.8 Å². The molecule has 7 nitrogen and oxygen atoms in total. The maximum absolute atomic E-state index is 11.1. The van der Waals surface area contributed by atoms with Crippen LogP contribution in [-0.4, -0.2) is 40.8 Å². The second kappa shape index (κ2) is 7.44. The van der Waals surface area contributed by atoms with Crippen LogP contribution in [0.1, 0.15) is 36.7 Å². The molecule has 0 fully saturated rings. The van der Waals surface area contributed by atoms with Gasteiger partial charge in [0.15, 0.2) is 0 Å². The Labute approximate surface area is 159 Å². The number of unbranched alkanes of at least 4 members (excludes halogenated alkanes) is 1. The van der Waals surface area contributed by atoms with Crippen LogP contribution >= 0.6 is 0 Å². The van der Waals surface area contributed by atoms with Crippen molar-refractivity contribution in [3.05, 3.63) is 47.9 Å². The highest BCUT2D eigenvalue weighted by atomic mass is 32.2. The molecule has 1 aliphatic heterocycles. The zero-order valence-corrected chi connectivity index (χ0v) is 16.3. The van der Waals surface area contributed by atoms with E-state index in [0.29, 0.717) is 12.6 Å². The van der Waals surface area contributed by atoms with E-state index < -0.39 is 10.0 Å². The highest BCUT2D eigenvalue weighted by Gasteiger charge is 2.22. The number of benzene rings is 1. The Balaban J connectivity index is 1.36. The van der Waals surface area contributed by atoms with Crippen molar-refractivity contribution < 1.29 is 8.42 Å². The molecule has 0 saturated carbocycles. The fourth-order valence-corrected chi connectivity index (χ4v) is 4.33. The topological polar surface area (TPSA) is 81.8 Å². The lowest BCUT2D eigenvalue weighted by molar-refractivity contribution is 0.337. The summed E-state index contributed by atoms with van der Waals surface area (Å²) in [5.74, 6) is 0. The lowest BCUT2D eigenvalue weighted by atomic mass is 10.1.